The van der Waals surface area contributed by atoms with Crippen molar-refractivity contribution in [1.29, 1.82) is 0 Å². The number of nitrogens with zero attached hydrogens (tertiary/aromatic N) is 1. The van der Waals surface area contributed by atoms with E-state index in [0.717, 1.165) is 12.1 Å². The zero-order chi connectivity index (χ0) is 25.0. The Morgan fingerprint density at radius 3 is 2.52 bits per heavy atom. The molecule has 33 heavy (non-hydrogen) atoms. The van der Waals surface area contributed by atoms with Crippen molar-refractivity contribution < 1.29 is 29.3 Å². The van der Waals surface area contributed by atoms with Gasteiger partial charge in [-0.2, -0.15) is 0 Å². The number of fused-ring (bicyclic) bond motifs is 3. The van der Waals surface area contributed by atoms with Crippen LogP contribution in [0.15, 0.2) is 24.3 Å². The van der Waals surface area contributed by atoms with Crippen LogP contribution in [0.4, 0.5) is 0 Å². The highest BCUT2D eigenvalue weighted by Crippen LogP contribution is 2.64. The Morgan fingerprint density at radius 1 is 1.30 bits per heavy atom. The lowest BCUT2D eigenvalue weighted by molar-refractivity contribution is -0.305. The molecule has 7 nitrogen and oxygen atoms in total. The third-order valence-corrected chi connectivity index (χ3v) is 8.37. The van der Waals surface area contributed by atoms with E-state index in [1.807, 2.05) is 38.9 Å². The zero-order valence-electron chi connectivity index (χ0n) is 21.2. The standard InChI is InChI=1S/C26H41NO6/c1-9-23(4)16-19(29)26(31)24(5)17(22(2,3)13-12-18(24)28)15-20(25(26,6)33-23)32-21(30)11-10-14-27(7)8/h9,15,18,20,28,31H,1,10-14,16H2,2-8H3/t18-,20-,23-,24+,25+,26-/m0/s1. The molecule has 0 spiro atoms. The summed E-state index contributed by atoms with van der Waals surface area (Å²) in [5.74, 6) is -0.848. The average Bonchev–Trinajstić information content (AvgIpc) is 2.70. The van der Waals surface area contributed by atoms with Gasteiger partial charge in [0, 0.05) is 12.8 Å². The fraction of sp³-hybridized carbons (Fsp3) is 0.769. The molecule has 1 saturated heterocycles. The molecule has 1 aliphatic heterocycles. The van der Waals surface area contributed by atoms with E-state index in [1.54, 1.807) is 26.8 Å². The van der Waals surface area contributed by atoms with Crippen LogP contribution >= 0.6 is 0 Å². The maximum atomic E-state index is 13.8. The molecule has 0 aromatic rings. The molecule has 0 aromatic heterocycles. The molecule has 2 aliphatic carbocycles. The van der Waals surface area contributed by atoms with Gasteiger partial charge in [-0.05, 0) is 72.2 Å². The van der Waals surface area contributed by atoms with Crippen molar-refractivity contribution in [2.45, 2.75) is 95.7 Å². The first kappa shape index (κ1) is 26.1. The van der Waals surface area contributed by atoms with Crippen molar-refractivity contribution in [3.8, 4) is 0 Å². The number of rotatable bonds is 6. The highest BCUT2D eigenvalue weighted by Gasteiger charge is 2.76. The molecule has 2 fully saturated rings. The SMILES string of the molecule is C=C[C@@]1(C)CC(=O)[C@@]2(O)[C@](C)(O1)[C@@H](OC(=O)CCCN(C)C)C=C1C(C)(C)CC[C@H](O)[C@@]12C. The third-order valence-electron chi connectivity index (χ3n) is 8.37. The lowest BCUT2D eigenvalue weighted by atomic mass is 9.44. The van der Waals surface area contributed by atoms with Gasteiger partial charge in [0.25, 0.3) is 0 Å². The van der Waals surface area contributed by atoms with Crippen LogP contribution in [0.3, 0.4) is 0 Å². The van der Waals surface area contributed by atoms with Crippen LogP contribution in [0.2, 0.25) is 0 Å². The summed E-state index contributed by atoms with van der Waals surface area (Å²) in [7, 11) is 3.87. The van der Waals surface area contributed by atoms with Gasteiger partial charge >= 0.3 is 5.97 Å². The van der Waals surface area contributed by atoms with Gasteiger partial charge < -0.3 is 24.6 Å². The van der Waals surface area contributed by atoms with Gasteiger partial charge in [-0.3, -0.25) is 9.59 Å². The van der Waals surface area contributed by atoms with Crippen molar-refractivity contribution in [2.24, 2.45) is 10.8 Å². The van der Waals surface area contributed by atoms with Crippen LogP contribution in [0.5, 0.6) is 0 Å². The van der Waals surface area contributed by atoms with Gasteiger partial charge in [-0.25, -0.2) is 0 Å². The molecule has 7 heteroatoms. The van der Waals surface area contributed by atoms with Gasteiger partial charge in [0.2, 0.25) is 0 Å². The number of carbonyl (C=O) groups is 2. The second-order valence-corrected chi connectivity index (χ2v) is 11.6. The van der Waals surface area contributed by atoms with Crippen LogP contribution in [0.1, 0.15) is 66.7 Å². The Kier molecular flexibility index (Phi) is 6.55. The molecule has 0 unspecified atom stereocenters. The van der Waals surface area contributed by atoms with E-state index in [9.17, 15) is 19.8 Å². The monoisotopic (exact) mass is 463 g/mol. The van der Waals surface area contributed by atoms with Crippen molar-refractivity contribution in [1.82, 2.24) is 4.90 Å². The summed E-state index contributed by atoms with van der Waals surface area (Å²) in [5, 5.41) is 23.5. The quantitative estimate of drug-likeness (QED) is 0.462. The van der Waals surface area contributed by atoms with E-state index in [1.165, 1.54) is 0 Å². The minimum Gasteiger partial charge on any atom is -0.455 e. The van der Waals surface area contributed by atoms with Crippen molar-refractivity contribution in [3.05, 3.63) is 24.3 Å². The van der Waals surface area contributed by atoms with E-state index in [-0.39, 0.29) is 12.8 Å². The van der Waals surface area contributed by atoms with E-state index >= 15 is 0 Å². The summed E-state index contributed by atoms with van der Waals surface area (Å²) in [6.45, 7) is 13.7. The molecule has 1 saturated carbocycles. The number of ketones is 1. The average molecular weight is 464 g/mol. The van der Waals surface area contributed by atoms with Gasteiger partial charge in [0.15, 0.2) is 17.5 Å². The highest BCUT2D eigenvalue weighted by atomic mass is 16.6. The Morgan fingerprint density at radius 2 is 1.94 bits per heavy atom. The molecule has 2 N–H and O–H groups in total. The molecule has 6 atom stereocenters. The van der Waals surface area contributed by atoms with E-state index in [4.69, 9.17) is 9.47 Å². The molecule has 0 radical (unpaired) electrons. The number of esters is 1. The molecule has 186 valence electrons. The topological polar surface area (TPSA) is 96.3 Å². The number of hydrogen-bond acceptors (Lipinski definition) is 7. The Labute approximate surface area is 197 Å². The molecule has 1 heterocycles. The smallest absolute Gasteiger partial charge is 0.306 e. The van der Waals surface area contributed by atoms with E-state index in [0.29, 0.717) is 19.3 Å². The Hall–Kier alpha value is -1.54. The highest BCUT2D eigenvalue weighted by molar-refractivity contribution is 5.93. The second kappa shape index (κ2) is 8.29. The van der Waals surface area contributed by atoms with Crippen LogP contribution < -0.4 is 0 Å². The van der Waals surface area contributed by atoms with Gasteiger partial charge in [0.05, 0.1) is 17.1 Å². The van der Waals surface area contributed by atoms with E-state index < -0.39 is 51.6 Å². The zero-order valence-corrected chi connectivity index (χ0v) is 21.2. The predicted molar refractivity (Wildman–Crippen MR) is 126 cm³/mol. The minimum absolute atomic E-state index is 0.0812. The largest absolute Gasteiger partial charge is 0.455 e. The first-order valence-electron chi connectivity index (χ1n) is 11.9. The first-order chi connectivity index (χ1) is 15.1. The maximum Gasteiger partial charge on any atom is 0.306 e. The fourth-order valence-electron chi connectivity index (χ4n) is 6.34. The summed E-state index contributed by atoms with van der Waals surface area (Å²) in [6.07, 6.45) is 3.32. The first-order valence-corrected chi connectivity index (χ1v) is 11.9. The van der Waals surface area contributed by atoms with Gasteiger partial charge in [-0.1, -0.05) is 25.5 Å². The molecule has 0 bridgehead atoms. The van der Waals surface area contributed by atoms with Crippen molar-refractivity contribution >= 4 is 11.8 Å². The summed E-state index contributed by atoms with van der Waals surface area (Å²) in [6, 6.07) is 0. The van der Waals surface area contributed by atoms with Crippen molar-refractivity contribution in [3.63, 3.8) is 0 Å². The summed E-state index contributed by atoms with van der Waals surface area (Å²) >= 11 is 0. The summed E-state index contributed by atoms with van der Waals surface area (Å²) in [5.41, 5.74) is -5.67. The summed E-state index contributed by atoms with van der Waals surface area (Å²) < 4.78 is 12.4. The number of hydrogen-bond donors (Lipinski definition) is 2. The fourth-order valence-corrected chi connectivity index (χ4v) is 6.34. The minimum atomic E-state index is -2.09. The number of carbonyl (C=O) groups excluding carboxylic acids is 2. The number of ether oxygens (including phenoxy) is 2. The molecule has 0 amide bonds. The predicted octanol–water partition coefficient (Wildman–Crippen LogP) is 2.79. The second-order valence-electron chi connectivity index (χ2n) is 11.6. The van der Waals surface area contributed by atoms with Crippen LogP contribution in [-0.4, -0.2) is 76.5 Å². The van der Waals surface area contributed by atoms with Gasteiger partial charge in [0.1, 0.15) is 5.60 Å². The number of aliphatic hydroxyl groups excluding tert-OH is 1. The molecule has 3 rings (SSSR count). The van der Waals surface area contributed by atoms with Crippen LogP contribution in [-0.2, 0) is 19.1 Å². The molecule has 3 aliphatic rings. The summed E-state index contributed by atoms with van der Waals surface area (Å²) in [4.78, 5) is 28.6. The van der Waals surface area contributed by atoms with Crippen LogP contribution in [0, 0.1) is 10.8 Å². The molecular weight excluding hydrogens is 422 g/mol. The van der Waals surface area contributed by atoms with Gasteiger partial charge in [-0.15, -0.1) is 6.58 Å². The maximum absolute atomic E-state index is 13.8. The molecule has 0 aromatic carbocycles. The number of aliphatic hydroxyl groups is 2. The third kappa shape index (κ3) is 3.81. The normalized spacial score (nSPS) is 42.2. The lowest BCUT2D eigenvalue weighted by Crippen LogP contribution is -2.81. The van der Waals surface area contributed by atoms with E-state index in [2.05, 4.69) is 6.58 Å². The van der Waals surface area contributed by atoms with Crippen molar-refractivity contribution in [2.75, 3.05) is 20.6 Å². The number of Topliss-reactive ketones (excluding diaryl/α,β-unsaturated/α-hetero) is 1. The Bertz CT molecular complexity index is 865. The molecular formula is C26H41NO6. The Balaban J connectivity index is 2.14. The lowest BCUT2D eigenvalue weighted by Gasteiger charge is -2.66. The van der Waals surface area contributed by atoms with Crippen LogP contribution in [0.25, 0.3) is 0 Å².